The van der Waals surface area contributed by atoms with E-state index in [2.05, 4.69) is 25.1 Å². The molecule has 5 aliphatic rings. The Morgan fingerprint density at radius 3 is 2.80 bits per heavy atom. The second kappa shape index (κ2) is 4.89. The summed E-state index contributed by atoms with van der Waals surface area (Å²) < 4.78 is 6.15. The third-order valence-corrected chi connectivity index (χ3v) is 9.20. The Kier molecular flexibility index (Phi) is 3.19. The van der Waals surface area contributed by atoms with E-state index in [1.54, 1.807) is 0 Å². The molecule has 1 heterocycles. The van der Waals surface area contributed by atoms with Crippen LogP contribution in [0.3, 0.4) is 0 Å². The van der Waals surface area contributed by atoms with Gasteiger partial charge < -0.3 is 15.1 Å². The zero-order chi connectivity index (χ0) is 17.6. The van der Waals surface area contributed by atoms with Gasteiger partial charge in [-0.1, -0.05) is 30.7 Å². The summed E-state index contributed by atoms with van der Waals surface area (Å²) in [5, 5.41) is 23.1. The van der Waals surface area contributed by atoms with Crippen LogP contribution in [-0.4, -0.2) is 33.8 Å². The van der Waals surface area contributed by atoms with Crippen molar-refractivity contribution in [1.82, 2.24) is 0 Å². The lowest BCUT2D eigenvalue weighted by Crippen LogP contribution is -2.54. The van der Waals surface area contributed by atoms with E-state index in [9.17, 15) is 10.3 Å². The van der Waals surface area contributed by atoms with E-state index < -0.39 is 0 Å². The highest BCUT2D eigenvalue weighted by atomic mass is 16.6. The van der Waals surface area contributed by atoms with Gasteiger partial charge in [0.25, 0.3) is 0 Å². The van der Waals surface area contributed by atoms with Gasteiger partial charge >= 0.3 is 0 Å². The number of hydrogen-bond acceptors (Lipinski definition) is 4. The summed E-state index contributed by atoms with van der Waals surface area (Å²) in [4.78, 5) is 0. The van der Waals surface area contributed by atoms with E-state index in [0.717, 1.165) is 50.2 Å². The van der Waals surface area contributed by atoms with Crippen molar-refractivity contribution in [2.45, 2.75) is 83.5 Å². The summed E-state index contributed by atoms with van der Waals surface area (Å²) in [6.07, 6.45) is 10.2. The highest BCUT2D eigenvalue weighted by Gasteiger charge is 2.78. The molecule has 0 aromatic heterocycles. The SMILES string of the molecule is C/C(=N\O)[C@@]12O[C@@H]1C[C@H]1[C@@H]3CC=C4CC(O)CC[C@]4(C)[C@H]3CC[C@@]12C. The van der Waals surface area contributed by atoms with Crippen molar-refractivity contribution in [2.24, 2.45) is 33.7 Å². The van der Waals surface area contributed by atoms with E-state index >= 15 is 0 Å². The van der Waals surface area contributed by atoms with Crippen LogP contribution in [0, 0.1) is 28.6 Å². The third-order valence-electron chi connectivity index (χ3n) is 9.20. The fourth-order valence-electron chi connectivity index (χ4n) is 7.80. The minimum absolute atomic E-state index is 0.102. The molecule has 0 aromatic carbocycles. The van der Waals surface area contributed by atoms with Gasteiger partial charge in [0.1, 0.15) is 5.60 Å². The number of nitrogens with zero attached hydrogens (tertiary/aromatic N) is 1. The fraction of sp³-hybridized carbons (Fsp3) is 0.857. The zero-order valence-corrected chi connectivity index (χ0v) is 15.7. The number of allylic oxidation sites excluding steroid dienone is 1. The molecule has 4 aliphatic carbocycles. The number of rotatable bonds is 1. The molecule has 0 amide bonds. The highest BCUT2D eigenvalue weighted by Crippen LogP contribution is 2.73. The topological polar surface area (TPSA) is 65.4 Å². The van der Waals surface area contributed by atoms with Gasteiger partial charge in [0.15, 0.2) is 0 Å². The van der Waals surface area contributed by atoms with Crippen LogP contribution >= 0.6 is 0 Å². The number of hydrogen-bond donors (Lipinski definition) is 2. The summed E-state index contributed by atoms with van der Waals surface area (Å²) in [7, 11) is 0. The molecule has 0 aromatic rings. The van der Waals surface area contributed by atoms with Gasteiger partial charge in [-0.25, -0.2) is 0 Å². The maximum absolute atomic E-state index is 10.1. The van der Waals surface area contributed by atoms with Crippen molar-refractivity contribution in [2.75, 3.05) is 0 Å². The maximum Gasteiger partial charge on any atom is 0.141 e. The molecular weight excluding hydrogens is 314 g/mol. The molecule has 8 atom stereocenters. The molecule has 25 heavy (non-hydrogen) atoms. The Labute approximate surface area is 150 Å². The van der Waals surface area contributed by atoms with Gasteiger partial charge in [0.2, 0.25) is 0 Å². The lowest BCUT2D eigenvalue weighted by molar-refractivity contribution is -0.0705. The predicted molar refractivity (Wildman–Crippen MR) is 95.6 cm³/mol. The highest BCUT2D eigenvalue weighted by molar-refractivity contribution is 5.94. The van der Waals surface area contributed by atoms with E-state index in [1.165, 1.54) is 12.0 Å². The van der Waals surface area contributed by atoms with Crippen molar-refractivity contribution < 1.29 is 15.1 Å². The van der Waals surface area contributed by atoms with Crippen molar-refractivity contribution >= 4 is 5.71 Å². The van der Waals surface area contributed by atoms with Gasteiger partial charge in [0, 0.05) is 5.41 Å². The molecule has 1 aliphatic heterocycles. The van der Waals surface area contributed by atoms with E-state index in [0.29, 0.717) is 11.8 Å². The molecule has 4 nitrogen and oxygen atoms in total. The maximum atomic E-state index is 10.1. The largest absolute Gasteiger partial charge is 0.411 e. The average Bonchev–Trinajstić information content (AvgIpc) is 3.27. The summed E-state index contributed by atoms with van der Waals surface area (Å²) >= 11 is 0. The minimum Gasteiger partial charge on any atom is -0.411 e. The van der Waals surface area contributed by atoms with E-state index in [1.807, 2.05) is 6.92 Å². The second-order valence-electron chi connectivity index (χ2n) is 9.88. The van der Waals surface area contributed by atoms with Gasteiger partial charge in [-0.15, -0.1) is 0 Å². The fourth-order valence-corrected chi connectivity index (χ4v) is 7.80. The van der Waals surface area contributed by atoms with Crippen molar-refractivity contribution in [3.8, 4) is 0 Å². The standard InChI is InChI=1S/C21H31NO3/c1-12(22-24)21-18(25-21)11-17-15-5-4-13-10-14(23)6-8-19(13,2)16(15)7-9-20(17,21)3/h4,14-18,23-24H,5-11H2,1-3H3/b22-12+/t14?,15-,16+,17+,18-,19+,20+,21-/m1/s1. The minimum atomic E-state index is -0.301. The molecule has 0 radical (unpaired) electrons. The molecule has 5 rings (SSSR count). The number of aliphatic hydroxyl groups excluding tert-OH is 1. The second-order valence-corrected chi connectivity index (χ2v) is 9.88. The van der Waals surface area contributed by atoms with Crippen LogP contribution in [0.1, 0.15) is 65.7 Å². The smallest absolute Gasteiger partial charge is 0.141 e. The molecule has 0 spiro atoms. The first-order valence-corrected chi connectivity index (χ1v) is 10.1. The zero-order valence-electron chi connectivity index (χ0n) is 15.7. The van der Waals surface area contributed by atoms with Gasteiger partial charge in [0.05, 0.1) is 17.9 Å². The average molecular weight is 345 g/mol. The Hall–Kier alpha value is -0.870. The van der Waals surface area contributed by atoms with Crippen molar-refractivity contribution in [3.63, 3.8) is 0 Å². The first-order chi connectivity index (χ1) is 11.9. The van der Waals surface area contributed by atoms with Crippen LogP contribution in [0.4, 0.5) is 0 Å². The van der Waals surface area contributed by atoms with Crippen LogP contribution in [0.15, 0.2) is 16.8 Å². The normalized spacial score (nSPS) is 57.0. The molecule has 3 saturated carbocycles. The van der Waals surface area contributed by atoms with E-state index in [-0.39, 0.29) is 28.6 Å². The van der Waals surface area contributed by atoms with Crippen LogP contribution in [0.2, 0.25) is 0 Å². The number of aliphatic hydroxyl groups is 1. The van der Waals surface area contributed by atoms with Crippen LogP contribution in [-0.2, 0) is 4.74 Å². The Morgan fingerprint density at radius 2 is 2.04 bits per heavy atom. The Morgan fingerprint density at radius 1 is 1.24 bits per heavy atom. The number of fused-ring (bicyclic) bond motifs is 7. The number of ether oxygens (including phenoxy) is 1. The molecular formula is C21H31NO3. The summed E-state index contributed by atoms with van der Waals surface area (Å²) in [5.74, 6) is 2.10. The predicted octanol–water partition coefficient (Wildman–Crippen LogP) is 3.91. The molecule has 4 heteroatoms. The molecule has 0 bridgehead atoms. The molecule has 1 saturated heterocycles. The number of oxime groups is 1. The lowest BCUT2D eigenvalue weighted by Gasteiger charge is -2.58. The summed E-state index contributed by atoms with van der Waals surface area (Å²) in [5.41, 5.74) is 2.39. The van der Waals surface area contributed by atoms with Gasteiger partial charge in [-0.2, -0.15) is 0 Å². The van der Waals surface area contributed by atoms with Gasteiger partial charge in [-0.05, 0) is 75.0 Å². The Bertz CT molecular complexity index is 672. The van der Waals surface area contributed by atoms with Crippen molar-refractivity contribution in [1.29, 1.82) is 0 Å². The lowest BCUT2D eigenvalue weighted by atomic mass is 9.47. The molecule has 1 unspecified atom stereocenters. The summed E-state index contributed by atoms with van der Waals surface area (Å²) in [6.45, 7) is 6.79. The van der Waals surface area contributed by atoms with Gasteiger partial charge in [-0.3, -0.25) is 0 Å². The molecule has 138 valence electrons. The molecule has 2 N–H and O–H groups in total. The van der Waals surface area contributed by atoms with Crippen molar-refractivity contribution in [3.05, 3.63) is 11.6 Å². The quantitative estimate of drug-likeness (QED) is 0.249. The van der Waals surface area contributed by atoms with E-state index in [4.69, 9.17) is 4.74 Å². The van der Waals surface area contributed by atoms with Crippen LogP contribution in [0.25, 0.3) is 0 Å². The molecule has 4 fully saturated rings. The first-order valence-electron chi connectivity index (χ1n) is 10.1. The first kappa shape index (κ1) is 16.3. The third kappa shape index (κ3) is 1.78. The monoisotopic (exact) mass is 345 g/mol. The van der Waals surface area contributed by atoms with Crippen LogP contribution in [0.5, 0.6) is 0 Å². The van der Waals surface area contributed by atoms with Crippen LogP contribution < -0.4 is 0 Å². The summed E-state index contributed by atoms with van der Waals surface area (Å²) in [6, 6.07) is 0. The number of epoxide rings is 1. The Balaban J connectivity index is 1.51.